The van der Waals surface area contributed by atoms with Crippen LogP contribution in [-0.4, -0.2) is 23.0 Å². The van der Waals surface area contributed by atoms with Gasteiger partial charge >= 0.3 is 12.0 Å². The van der Waals surface area contributed by atoms with Crippen LogP contribution in [0.15, 0.2) is 24.3 Å². The van der Waals surface area contributed by atoms with Crippen LogP contribution >= 0.6 is 0 Å². The molecule has 2 rings (SSSR count). The Kier molecular flexibility index (Phi) is 3.44. The minimum Gasteiger partial charge on any atom is -0.481 e. The molecule has 0 spiro atoms. The standard InChI is InChI=1S/C13H13FN2O4/c1-7(10(17)18)6-13(11(19)15-12(20)16-13)8-3-2-4-9(14)5-8/h2-5,7H,6H2,1H3,(H,17,18)(H2,15,16,19,20). The van der Waals surface area contributed by atoms with Gasteiger partial charge in [0.15, 0.2) is 0 Å². The first-order valence-corrected chi connectivity index (χ1v) is 5.97. The van der Waals surface area contributed by atoms with Gasteiger partial charge in [0.25, 0.3) is 5.91 Å². The molecule has 106 valence electrons. The van der Waals surface area contributed by atoms with Gasteiger partial charge in [0, 0.05) is 0 Å². The normalized spacial score (nSPS) is 23.1. The molecule has 7 heteroatoms. The van der Waals surface area contributed by atoms with Crippen LogP contribution in [-0.2, 0) is 15.1 Å². The summed E-state index contributed by atoms with van der Waals surface area (Å²) in [5.74, 6) is -3.24. The highest BCUT2D eigenvalue weighted by molar-refractivity contribution is 6.07. The summed E-state index contributed by atoms with van der Waals surface area (Å²) >= 11 is 0. The maximum atomic E-state index is 13.4. The molecule has 1 aromatic carbocycles. The molecule has 1 fully saturated rings. The molecule has 1 saturated heterocycles. The number of carboxylic acids is 1. The lowest BCUT2D eigenvalue weighted by atomic mass is 9.82. The lowest BCUT2D eigenvalue weighted by Gasteiger charge is -2.28. The molecule has 6 nitrogen and oxygen atoms in total. The zero-order valence-electron chi connectivity index (χ0n) is 10.6. The van der Waals surface area contributed by atoms with Crippen molar-refractivity contribution in [3.63, 3.8) is 0 Å². The van der Waals surface area contributed by atoms with Gasteiger partial charge in [0.1, 0.15) is 11.4 Å². The molecule has 1 heterocycles. The summed E-state index contributed by atoms with van der Waals surface area (Å²) in [5.41, 5.74) is -1.34. The van der Waals surface area contributed by atoms with E-state index in [2.05, 4.69) is 10.6 Å². The predicted molar refractivity (Wildman–Crippen MR) is 66.2 cm³/mol. The first-order chi connectivity index (χ1) is 9.35. The fourth-order valence-electron chi connectivity index (χ4n) is 2.26. The van der Waals surface area contributed by atoms with Crippen molar-refractivity contribution in [2.75, 3.05) is 0 Å². The van der Waals surface area contributed by atoms with Crippen LogP contribution in [0, 0.1) is 11.7 Å². The van der Waals surface area contributed by atoms with Crippen LogP contribution < -0.4 is 10.6 Å². The molecular formula is C13H13FN2O4. The molecule has 1 aliphatic heterocycles. The zero-order valence-corrected chi connectivity index (χ0v) is 10.6. The average Bonchev–Trinajstić information content (AvgIpc) is 2.65. The van der Waals surface area contributed by atoms with Gasteiger partial charge in [-0.3, -0.25) is 14.9 Å². The van der Waals surface area contributed by atoms with Crippen LogP contribution in [0.3, 0.4) is 0 Å². The largest absolute Gasteiger partial charge is 0.481 e. The SMILES string of the molecule is CC(CC1(c2cccc(F)c2)NC(=O)NC1=O)C(=O)O. The van der Waals surface area contributed by atoms with E-state index < -0.39 is 35.2 Å². The minimum absolute atomic E-state index is 0.163. The van der Waals surface area contributed by atoms with Crippen LogP contribution in [0.4, 0.5) is 9.18 Å². The Balaban J connectivity index is 2.47. The van der Waals surface area contributed by atoms with Gasteiger partial charge < -0.3 is 10.4 Å². The van der Waals surface area contributed by atoms with E-state index in [9.17, 15) is 18.8 Å². The van der Waals surface area contributed by atoms with E-state index in [1.54, 1.807) is 0 Å². The number of carboxylic acid groups (broad SMARTS) is 1. The van der Waals surface area contributed by atoms with E-state index in [1.165, 1.54) is 25.1 Å². The van der Waals surface area contributed by atoms with Crippen molar-refractivity contribution < 1.29 is 23.9 Å². The lowest BCUT2D eigenvalue weighted by molar-refractivity contribution is -0.142. The molecule has 0 saturated carbocycles. The summed E-state index contributed by atoms with van der Waals surface area (Å²) in [6.45, 7) is 1.42. The van der Waals surface area contributed by atoms with E-state index in [1.807, 2.05) is 0 Å². The summed E-state index contributed by atoms with van der Waals surface area (Å²) < 4.78 is 13.4. The zero-order chi connectivity index (χ0) is 14.9. The quantitative estimate of drug-likeness (QED) is 0.716. The van der Waals surface area contributed by atoms with Gasteiger partial charge in [0.2, 0.25) is 0 Å². The number of benzene rings is 1. The molecule has 3 N–H and O–H groups in total. The number of carbonyl (C=O) groups excluding carboxylic acids is 2. The molecular weight excluding hydrogens is 267 g/mol. The van der Waals surface area contributed by atoms with E-state index in [0.29, 0.717) is 0 Å². The Morgan fingerprint density at radius 3 is 2.65 bits per heavy atom. The average molecular weight is 280 g/mol. The highest BCUT2D eigenvalue weighted by Crippen LogP contribution is 2.32. The maximum Gasteiger partial charge on any atom is 0.322 e. The number of rotatable bonds is 4. The number of halogens is 1. The minimum atomic E-state index is -1.56. The van der Waals surface area contributed by atoms with Crippen LogP contribution in [0.25, 0.3) is 0 Å². The van der Waals surface area contributed by atoms with Crippen molar-refractivity contribution in [1.29, 1.82) is 0 Å². The van der Waals surface area contributed by atoms with Crippen molar-refractivity contribution in [2.45, 2.75) is 18.9 Å². The third-order valence-corrected chi connectivity index (χ3v) is 3.29. The molecule has 0 radical (unpaired) electrons. The van der Waals surface area contributed by atoms with Crippen LogP contribution in [0.2, 0.25) is 0 Å². The van der Waals surface area contributed by atoms with Crippen LogP contribution in [0.5, 0.6) is 0 Å². The number of imide groups is 1. The number of nitrogens with one attached hydrogen (secondary N) is 2. The molecule has 20 heavy (non-hydrogen) atoms. The lowest BCUT2D eigenvalue weighted by Crippen LogP contribution is -2.46. The maximum absolute atomic E-state index is 13.4. The number of hydrogen-bond acceptors (Lipinski definition) is 3. The Bertz CT molecular complexity index is 589. The number of urea groups is 1. The first kappa shape index (κ1) is 14.0. The van der Waals surface area contributed by atoms with Gasteiger partial charge in [-0.1, -0.05) is 19.1 Å². The van der Waals surface area contributed by atoms with E-state index in [0.717, 1.165) is 6.07 Å². The van der Waals surface area contributed by atoms with Crippen molar-refractivity contribution in [1.82, 2.24) is 10.6 Å². The molecule has 1 aromatic rings. The number of hydrogen-bond donors (Lipinski definition) is 3. The molecule has 1 aliphatic rings. The summed E-state index contributed by atoms with van der Waals surface area (Å²) in [6.07, 6.45) is -0.163. The Morgan fingerprint density at radius 1 is 1.45 bits per heavy atom. The second kappa shape index (κ2) is 4.92. The van der Waals surface area contributed by atoms with Gasteiger partial charge in [-0.25, -0.2) is 9.18 Å². The van der Waals surface area contributed by atoms with Crippen molar-refractivity contribution in [3.8, 4) is 0 Å². The fraction of sp³-hybridized carbons (Fsp3) is 0.308. The van der Waals surface area contributed by atoms with E-state index in [4.69, 9.17) is 5.11 Å². The molecule has 0 aromatic heterocycles. The highest BCUT2D eigenvalue weighted by atomic mass is 19.1. The molecule has 3 amide bonds. The Labute approximate surface area is 114 Å². The van der Waals surface area contributed by atoms with Gasteiger partial charge in [0.05, 0.1) is 5.92 Å². The number of amides is 3. The van der Waals surface area contributed by atoms with Crippen molar-refractivity contribution in [2.24, 2.45) is 5.92 Å². The summed E-state index contributed by atoms with van der Waals surface area (Å²) in [5, 5.41) is 13.5. The smallest absolute Gasteiger partial charge is 0.322 e. The van der Waals surface area contributed by atoms with Gasteiger partial charge in [-0.05, 0) is 24.1 Å². The first-order valence-electron chi connectivity index (χ1n) is 5.97. The predicted octanol–water partition coefficient (Wildman–Crippen LogP) is 0.971. The second-order valence-electron chi connectivity index (χ2n) is 4.77. The second-order valence-corrected chi connectivity index (χ2v) is 4.77. The fourth-order valence-corrected chi connectivity index (χ4v) is 2.26. The number of carbonyl (C=O) groups is 3. The molecule has 0 aliphatic carbocycles. The van der Waals surface area contributed by atoms with Gasteiger partial charge in [-0.15, -0.1) is 0 Å². The summed E-state index contributed by atoms with van der Waals surface area (Å²) in [4.78, 5) is 34.5. The monoisotopic (exact) mass is 280 g/mol. The third-order valence-electron chi connectivity index (χ3n) is 3.29. The number of aliphatic carboxylic acids is 1. The summed E-state index contributed by atoms with van der Waals surface area (Å²) in [7, 11) is 0. The third kappa shape index (κ3) is 2.34. The Morgan fingerprint density at radius 2 is 2.15 bits per heavy atom. The summed E-state index contributed by atoms with van der Waals surface area (Å²) in [6, 6.07) is 4.46. The molecule has 2 atom stereocenters. The highest BCUT2D eigenvalue weighted by Gasteiger charge is 2.49. The van der Waals surface area contributed by atoms with Gasteiger partial charge in [-0.2, -0.15) is 0 Å². The van der Waals surface area contributed by atoms with Crippen LogP contribution in [0.1, 0.15) is 18.9 Å². The van der Waals surface area contributed by atoms with Crippen molar-refractivity contribution in [3.05, 3.63) is 35.6 Å². The molecule has 0 bridgehead atoms. The topological polar surface area (TPSA) is 95.5 Å². The van der Waals surface area contributed by atoms with E-state index in [-0.39, 0.29) is 12.0 Å². The Hall–Kier alpha value is -2.44. The molecule has 2 unspecified atom stereocenters. The van der Waals surface area contributed by atoms with E-state index >= 15 is 0 Å². The van der Waals surface area contributed by atoms with Crippen molar-refractivity contribution >= 4 is 17.9 Å².